The molecule has 0 aliphatic carbocycles. The monoisotopic (exact) mass is 235 g/mol. The Morgan fingerprint density at radius 1 is 1.25 bits per heavy atom. The summed E-state index contributed by atoms with van der Waals surface area (Å²) in [5.74, 6) is 1.00. The van der Waals surface area contributed by atoms with Gasteiger partial charge >= 0.3 is 0 Å². The highest BCUT2D eigenvalue weighted by molar-refractivity contribution is 7.84. The first-order chi connectivity index (χ1) is 7.54. The summed E-state index contributed by atoms with van der Waals surface area (Å²) in [6, 6.07) is 9.37. The molecular formula is C13H17NOS. The van der Waals surface area contributed by atoms with Crippen molar-refractivity contribution in [2.45, 2.75) is 31.8 Å². The van der Waals surface area contributed by atoms with Crippen LogP contribution >= 0.6 is 0 Å². The maximum Gasteiger partial charge on any atom is 0.0991 e. The van der Waals surface area contributed by atoms with Crippen molar-refractivity contribution in [2.24, 2.45) is 5.92 Å². The van der Waals surface area contributed by atoms with Crippen molar-refractivity contribution in [3.8, 4) is 6.07 Å². The molecule has 1 rings (SSSR count). The number of hydrogen-bond donors (Lipinski definition) is 0. The van der Waals surface area contributed by atoms with E-state index in [-0.39, 0.29) is 5.25 Å². The minimum Gasteiger partial charge on any atom is -0.259 e. The van der Waals surface area contributed by atoms with Crippen molar-refractivity contribution >= 4 is 10.8 Å². The Bertz CT molecular complexity index is 403. The zero-order valence-electron chi connectivity index (χ0n) is 9.93. The molecule has 16 heavy (non-hydrogen) atoms. The lowest BCUT2D eigenvalue weighted by Crippen LogP contribution is -2.18. The Morgan fingerprint density at radius 3 is 2.25 bits per heavy atom. The second-order valence-electron chi connectivity index (χ2n) is 4.28. The van der Waals surface area contributed by atoms with Gasteiger partial charge in [0.1, 0.15) is 0 Å². The van der Waals surface area contributed by atoms with Crippen molar-refractivity contribution in [1.82, 2.24) is 0 Å². The summed E-state index contributed by atoms with van der Waals surface area (Å²) in [5, 5.41) is 8.87. The Labute approximate surface area is 99.8 Å². The average Bonchev–Trinajstić information content (AvgIpc) is 2.28. The Kier molecular flexibility index (Phi) is 4.70. The molecule has 2 unspecified atom stereocenters. The molecule has 1 aromatic carbocycles. The molecule has 1 aromatic rings. The second kappa shape index (κ2) is 5.81. The molecule has 0 saturated heterocycles. The first-order valence-corrected chi connectivity index (χ1v) is 6.79. The van der Waals surface area contributed by atoms with Crippen LogP contribution in [0, 0.1) is 17.2 Å². The third-order valence-electron chi connectivity index (χ3n) is 2.75. The van der Waals surface area contributed by atoms with Gasteiger partial charge in [-0.15, -0.1) is 0 Å². The number of benzene rings is 1. The minimum atomic E-state index is -0.837. The summed E-state index contributed by atoms with van der Waals surface area (Å²) in [6.07, 6.45) is 0. The van der Waals surface area contributed by atoms with Gasteiger partial charge in [-0.3, -0.25) is 4.21 Å². The fourth-order valence-electron chi connectivity index (χ4n) is 1.27. The van der Waals surface area contributed by atoms with Gasteiger partial charge < -0.3 is 0 Å². The molecule has 0 fully saturated rings. The summed E-state index contributed by atoms with van der Waals surface area (Å²) >= 11 is 0. The second-order valence-corrected chi connectivity index (χ2v) is 6.08. The number of nitrogens with zero attached hydrogens (tertiary/aromatic N) is 1. The van der Waals surface area contributed by atoms with E-state index in [0.29, 0.717) is 17.2 Å². The maximum atomic E-state index is 12.0. The molecule has 0 spiro atoms. The third-order valence-corrected chi connectivity index (χ3v) is 4.74. The lowest BCUT2D eigenvalue weighted by atomic mass is 10.1. The highest BCUT2D eigenvalue weighted by Gasteiger charge is 2.15. The van der Waals surface area contributed by atoms with Crippen LogP contribution in [0.4, 0.5) is 0 Å². The predicted molar refractivity (Wildman–Crippen MR) is 67.3 cm³/mol. The van der Waals surface area contributed by atoms with Gasteiger partial charge in [-0.25, -0.2) is 0 Å². The zero-order chi connectivity index (χ0) is 12.1. The van der Waals surface area contributed by atoms with Gasteiger partial charge in [0.2, 0.25) is 0 Å². The zero-order valence-corrected chi connectivity index (χ0v) is 10.8. The molecule has 0 N–H and O–H groups in total. The minimum absolute atomic E-state index is 0.204. The quantitative estimate of drug-likeness (QED) is 0.805. The van der Waals surface area contributed by atoms with Gasteiger partial charge in [0.15, 0.2) is 0 Å². The summed E-state index contributed by atoms with van der Waals surface area (Å²) in [4.78, 5) is 0. The van der Waals surface area contributed by atoms with E-state index in [2.05, 4.69) is 19.9 Å². The van der Waals surface area contributed by atoms with E-state index in [1.54, 1.807) is 12.1 Å². The fourth-order valence-corrected chi connectivity index (χ4v) is 2.67. The van der Waals surface area contributed by atoms with Gasteiger partial charge in [0.05, 0.1) is 11.6 Å². The summed E-state index contributed by atoms with van der Waals surface area (Å²) in [7, 11) is -0.837. The lowest BCUT2D eigenvalue weighted by molar-refractivity contribution is 0.605. The molecule has 3 heteroatoms. The predicted octanol–water partition coefficient (Wildman–Crippen LogP) is 2.85. The van der Waals surface area contributed by atoms with Gasteiger partial charge in [-0.2, -0.15) is 5.26 Å². The number of rotatable bonds is 4. The molecule has 0 amide bonds. The highest BCUT2D eigenvalue weighted by Crippen LogP contribution is 2.14. The molecule has 0 aliphatic rings. The van der Waals surface area contributed by atoms with Crippen LogP contribution in [0.25, 0.3) is 0 Å². The molecule has 2 atom stereocenters. The average molecular weight is 235 g/mol. The Hall–Kier alpha value is -1.14. The van der Waals surface area contributed by atoms with Crippen LogP contribution in [0.1, 0.15) is 31.9 Å². The van der Waals surface area contributed by atoms with Crippen LogP contribution in [0.3, 0.4) is 0 Å². The topological polar surface area (TPSA) is 40.9 Å². The molecule has 0 aliphatic heterocycles. The van der Waals surface area contributed by atoms with E-state index in [4.69, 9.17) is 5.26 Å². The van der Waals surface area contributed by atoms with Gasteiger partial charge in [0, 0.05) is 21.8 Å². The molecule has 0 aromatic heterocycles. The number of hydrogen-bond acceptors (Lipinski definition) is 2. The van der Waals surface area contributed by atoms with E-state index in [1.165, 1.54) is 0 Å². The highest BCUT2D eigenvalue weighted by atomic mass is 32.2. The first-order valence-electron chi connectivity index (χ1n) is 5.40. The van der Waals surface area contributed by atoms with Crippen molar-refractivity contribution in [3.05, 3.63) is 35.4 Å². The van der Waals surface area contributed by atoms with Crippen molar-refractivity contribution in [3.63, 3.8) is 0 Å². The first kappa shape index (κ1) is 12.9. The normalized spacial score (nSPS) is 14.4. The van der Waals surface area contributed by atoms with Crippen LogP contribution < -0.4 is 0 Å². The van der Waals surface area contributed by atoms with Crippen LogP contribution in [-0.2, 0) is 16.6 Å². The molecule has 2 nitrogen and oxygen atoms in total. The van der Waals surface area contributed by atoms with Crippen LogP contribution in [-0.4, -0.2) is 9.46 Å². The van der Waals surface area contributed by atoms with Crippen LogP contribution in [0.15, 0.2) is 24.3 Å². The molecule has 0 bridgehead atoms. The summed E-state index contributed by atoms with van der Waals surface area (Å²) < 4.78 is 12.0. The molecule has 0 radical (unpaired) electrons. The van der Waals surface area contributed by atoms with Gasteiger partial charge in [-0.1, -0.05) is 32.9 Å². The largest absolute Gasteiger partial charge is 0.259 e. The van der Waals surface area contributed by atoms with Gasteiger partial charge in [0.25, 0.3) is 0 Å². The summed E-state index contributed by atoms with van der Waals surface area (Å²) in [6.45, 7) is 6.19. The van der Waals surface area contributed by atoms with E-state index >= 15 is 0 Å². The van der Waals surface area contributed by atoms with Crippen LogP contribution in [0.5, 0.6) is 0 Å². The Morgan fingerprint density at radius 2 is 1.81 bits per heavy atom. The smallest absolute Gasteiger partial charge is 0.0991 e. The van der Waals surface area contributed by atoms with Gasteiger partial charge in [-0.05, 0) is 23.6 Å². The van der Waals surface area contributed by atoms with E-state index in [1.807, 2.05) is 19.1 Å². The van der Waals surface area contributed by atoms with Crippen molar-refractivity contribution in [1.29, 1.82) is 5.26 Å². The molecule has 86 valence electrons. The Balaban J connectivity index is 2.67. The van der Waals surface area contributed by atoms with E-state index in [0.717, 1.165) is 5.56 Å². The molecular weight excluding hydrogens is 218 g/mol. The maximum absolute atomic E-state index is 12.0. The van der Waals surface area contributed by atoms with E-state index < -0.39 is 10.8 Å². The number of nitriles is 1. The van der Waals surface area contributed by atoms with Crippen molar-refractivity contribution < 1.29 is 4.21 Å². The fraction of sp³-hybridized carbons (Fsp3) is 0.462. The lowest BCUT2D eigenvalue weighted by Gasteiger charge is -2.14. The molecule has 0 heterocycles. The van der Waals surface area contributed by atoms with E-state index in [9.17, 15) is 4.21 Å². The van der Waals surface area contributed by atoms with Crippen molar-refractivity contribution in [2.75, 3.05) is 0 Å². The van der Waals surface area contributed by atoms with Crippen LogP contribution in [0.2, 0.25) is 0 Å². The summed E-state index contributed by atoms with van der Waals surface area (Å²) in [5.41, 5.74) is 1.68. The SMILES string of the molecule is CC(C)C(C)S(=O)Cc1ccc(C#N)cc1. The molecule has 0 saturated carbocycles. The third kappa shape index (κ3) is 3.46. The standard InChI is InChI=1S/C13H17NOS/c1-10(2)11(3)16(15)9-13-6-4-12(8-14)5-7-13/h4-7,10-11H,9H2,1-3H3.